The fourth-order valence-corrected chi connectivity index (χ4v) is 1.70. The molecule has 1 rings (SSSR count). The molecule has 0 saturated heterocycles. The van der Waals surface area contributed by atoms with Gasteiger partial charge in [-0.25, -0.2) is 4.79 Å². The molecule has 19 heavy (non-hydrogen) atoms. The van der Waals surface area contributed by atoms with Gasteiger partial charge in [-0.2, -0.15) is 0 Å². The number of esters is 1. The van der Waals surface area contributed by atoms with Crippen LogP contribution in [0.4, 0.5) is 0 Å². The zero-order chi connectivity index (χ0) is 14.4. The molecule has 2 N–H and O–H groups in total. The Morgan fingerprint density at radius 1 is 1.37 bits per heavy atom. The normalized spacial score (nSPS) is 11.5. The number of carbonyl (C=O) groups excluding carboxylic acids is 2. The molecule has 0 aliphatic rings. The Bertz CT molecular complexity index is 472. The van der Waals surface area contributed by atoms with E-state index in [1.54, 1.807) is 6.07 Å². The molecule has 0 heterocycles. The number of amides is 1. The van der Waals surface area contributed by atoms with Crippen LogP contribution in [0.15, 0.2) is 18.2 Å². The van der Waals surface area contributed by atoms with Crippen LogP contribution in [0.2, 0.25) is 0 Å². The van der Waals surface area contributed by atoms with E-state index in [2.05, 4.69) is 10.1 Å². The van der Waals surface area contributed by atoms with Crippen molar-refractivity contribution in [2.24, 2.45) is 0 Å². The van der Waals surface area contributed by atoms with E-state index in [4.69, 9.17) is 4.74 Å². The smallest absolute Gasteiger partial charge is 0.328 e. The number of ether oxygens (including phenoxy) is 2. The third kappa shape index (κ3) is 4.17. The number of hydrogen-bond donors (Lipinski definition) is 2. The van der Waals surface area contributed by atoms with Crippen molar-refractivity contribution in [3.63, 3.8) is 0 Å². The highest BCUT2D eigenvalue weighted by atomic mass is 16.5. The Morgan fingerprint density at radius 2 is 2.05 bits per heavy atom. The zero-order valence-electron chi connectivity index (χ0n) is 11.1. The summed E-state index contributed by atoms with van der Waals surface area (Å²) in [6, 6.07) is 3.77. The molecule has 0 aliphatic heterocycles. The Kier molecular flexibility index (Phi) is 5.17. The summed E-state index contributed by atoms with van der Waals surface area (Å²) in [6.07, 6.45) is 0.218. The van der Waals surface area contributed by atoms with E-state index in [9.17, 15) is 14.7 Å². The first-order chi connectivity index (χ1) is 8.97. The molecule has 1 aromatic carbocycles. The summed E-state index contributed by atoms with van der Waals surface area (Å²) in [5.41, 5.74) is 0.685. The minimum Gasteiger partial charge on any atom is -0.508 e. The van der Waals surface area contributed by atoms with Gasteiger partial charge < -0.3 is 19.9 Å². The fraction of sp³-hybridized carbons (Fsp3) is 0.385. The summed E-state index contributed by atoms with van der Waals surface area (Å²) >= 11 is 0. The Morgan fingerprint density at radius 3 is 2.58 bits per heavy atom. The van der Waals surface area contributed by atoms with Crippen LogP contribution in [0, 0.1) is 0 Å². The van der Waals surface area contributed by atoms with E-state index < -0.39 is 12.0 Å². The lowest BCUT2D eigenvalue weighted by Gasteiger charge is -2.17. The van der Waals surface area contributed by atoms with Crippen molar-refractivity contribution in [1.82, 2.24) is 5.32 Å². The minimum atomic E-state index is -0.791. The maximum Gasteiger partial charge on any atom is 0.328 e. The van der Waals surface area contributed by atoms with Crippen LogP contribution in [0.1, 0.15) is 12.5 Å². The standard InChI is InChI=1S/C13H17NO5/c1-8(15)14-11(13(17)19-3)6-9-4-5-10(16)7-12(9)18-2/h4-5,7,11,16H,6H2,1-3H3,(H,14,15). The lowest BCUT2D eigenvalue weighted by atomic mass is 10.0. The van der Waals surface area contributed by atoms with E-state index in [-0.39, 0.29) is 18.1 Å². The van der Waals surface area contributed by atoms with Crippen LogP contribution < -0.4 is 10.1 Å². The van der Waals surface area contributed by atoms with E-state index >= 15 is 0 Å². The third-order valence-corrected chi connectivity index (χ3v) is 2.56. The molecule has 0 fully saturated rings. The average molecular weight is 267 g/mol. The number of hydrogen-bond acceptors (Lipinski definition) is 5. The van der Waals surface area contributed by atoms with Gasteiger partial charge >= 0.3 is 5.97 Å². The molecule has 1 unspecified atom stereocenters. The number of aromatic hydroxyl groups is 1. The van der Waals surface area contributed by atoms with Crippen molar-refractivity contribution in [3.05, 3.63) is 23.8 Å². The predicted octanol–water partition coefficient (Wildman–Crippen LogP) is 0.621. The molecule has 0 aromatic heterocycles. The summed E-state index contributed by atoms with van der Waals surface area (Å²) in [6.45, 7) is 1.32. The van der Waals surface area contributed by atoms with Crippen molar-refractivity contribution in [1.29, 1.82) is 0 Å². The summed E-state index contributed by atoms with van der Waals surface area (Å²) in [7, 11) is 2.72. The second kappa shape index (κ2) is 6.63. The molecule has 0 aliphatic carbocycles. The van der Waals surface area contributed by atoms with E-state index in [0.717, 1.165) is 0 Å². The molecule has 0 bridgehead atoms. The molecular weight excluding hydrogens is 250 g/mol. The Labute approximate surface area is 111 Å². The van der Waals surface area contributed by atoms with Gasteiger partial charge in [0.2, 0.25) is 5.91 Å². The van der Waals surface area contributed by atoms with Crippen LogP contribution in [0.3, 0.4) is 0 Å². The summed E-state index contributed by atoms with van der Waals surface area (Å²) in [5, 5.41) is 11.9. The molecule has 0 spiro atoms. The number of carbonyl (C=O) groups is 2. The van der Waals surface area contributed by atoms with Gasteiger partial charge in [-0.3, -0.25) is 4.79 Å². The van der Waals surface area contributed by atoms with Crippen molar-refractivity contribution in [3.8, 4) is 11.5 Å². The number of nitrogens with one attached hydrogen (secondary N) is 1. The molecule has 1 aromatic rings. The number of benzene rings is 1. The predicted molar refractivity (Wildman–Crippen MR) is 68.0 cm³/mol. The number of phenolic OH excluding ortho intramolecular Hbond substituents is 1. The van der Waals surface area contributed by atoms with E-state index in [0.29, 0.717) is 11.3 Å². The van der Waals surface area contributed by atoms with Gasteiger partial charge in [0.1, 0.15) is 17.5 Å². The Hall–Kier alpha value is -2.24. The van der Waals surface area contributed by atoms with Crippen molar-refractivity contribution >= 4 is 11.9 Å². The van der Waals surface area contributed by atoms with Crippen molar-refractivity contribution in [2.45, 2.75) is 19.4 Å². The first-order valence-electron chi connectivity index (χ1n) is 5.68. The summed E-state index contributed by atoms with van der Waals surface area (Å²) in [5.74, 6) is -0.354. The molecule has 1 amide bonds. The van der Waals surface area contributed by atoms with Gasteiger partial charge in [0.05, 0.1) is 14.2 Å². The van der Waals surface area contributed by atoms with Gasteiger partial charge in [-0.1, -0.05) is 6.07 Å². The zero-order valence-corrected chi connectivity index (χ0v) is 11.1. The van der Waals surface area contributed by atoms with Gasteiger partial charge in [0, 0.05) is 19.4 Å². The lowest BCUT2D eigenvalue weighted by molar-refractivity contribution is -0.144. The fourth-order valence-electron chi connectivity index (χ4n) is 1.70. The molecule has 0 radical (unpaired) electrons. The maximum absolute atomic E-state index is 11.6. The number of methoxy groups -OCH3 is 2. The molecular formula is C13H17NO5. The van der Waals surface area contributed by atoms with Crippen molar-refractivity contribution in [2.75, 3.05) is 14.2 Å². The van der Waals surface area contributed by atoms with Gasteiger partial charge in [0.15, 0.2) is 0 Å². The van der Waals surface area contributed by atoms with Crippen LogP contribution >= 0.6 is 0 Å². The van der Waals surface area contributed by atoms with Crippen LogP contribution in [0.25, 0.3) is 0 Å². The second-order valence-corrected chi connectivity index (χ2v) is 3.98. The van der Waals surface area contributed by atoms with E-state index in [1.807, 2.05) is 0 Å². The average Bonchev–Trinajstić information content (AvgIpc) is 2.38. The van der Waals surface area contributed by atoms with Crippen LogP contribution in [-0.4, -0.2) is 37.2 Å². The largest absolute Gasteiger partial charge is 0.508 e. The number of rotatable bonds is 5. The van der Waals surface area contributed by atoms with Gasteiger partial charge in [0.25, 0.3) is 0 Å². The molecule has 1 atom stereocenters. The highest BCUT2D eigenvalue weighted by Crippen LogP contribution is 2.25. The van der Waals surface area contributed by atoms with Gasteiger partial charge in [-0.15, -0.1) is 0 Å². The highest BCUT2D eigenvalue weighted by Gasteiger charge is 2.22. The lowest BCUT2D eigenvalue weighted by Crippen LogP contribution is -2.42. The minimum absolute atomic E-state index is 0.0646. The molecule has 104 valence electrons. The first-order valence-corrected chi connectivity index (χ1v) is 5.68. The van der Waals surface area contributed by atoms with E-state index in [1.165, 1.54) is 33.3 Å². The quantitative estimate of drug-likeness (QED) is 0.764. The molecule has 6 heteroatoms. The van der Waals surface area contributed by atoms with Gasteiger partial charge in [-0.05, 0) is 11.6 Å². The monoisotopic (exact) mass is 267 g/mol. The molecule has 0 saturated carbocycles. The topological polar surface area (TPSA) is 84.9 Å². The van der Waals surface area contributed by atoms with Crippen LogP contribution in [-0.2, 0) is 20.7 Å². The van der Waals surface area contributed by atoms with Crippen molar-refractivity contribution < 1.29 is 24.2 Å². The SMILES string of the molecule is COC(=O)C(Cc1ccc(O)cc1OC)NC(C)=O. The number of phenols is 1. The molecule has 6 nitrogen and oxygen atoms in total. The van der Waals surface area contributed by atoms with Crippen LogP contribution in [0.5, 0.6) is 11.5 Å². The maximum atomic E-state index is 11.6. The third-order valence-electron chi connectivity index (χ3n) is 2.56. The highest BCUT2D eigenvalue weighted by molar-refractivity contribution is 5.83. The first kappa shape index (κ1) is 14.8. The second-order valence-electron chi connectivity index (χ2n) is 3.98. The Balaban J connectivity index is 2.95. The summed E-state index contributed by atoms with van der Waals surface area (Å²) < 4.78 is 9.76. The summed E-state index contributed by atoms with van der Waals surface area (Å²) in [4.78, 5) is 22.7.